The molecule has 3 rings (SSSR count). The van der Waals surface area contributed by atoms with Crippen LogP contribution >= 0.6 is 0 Å². The molecule has 2 aromatic carbocycles. The molecule has 0 radical (unpaired) electrons. The highest BCUT2D eigenvalue weighted by atomic mass is 19.4. The van der Waals surface area contributed by atoms with Crippen LogP contribution in [0.2, 0.25) is 0 Å². The summed E-state index contributed by atoms with van der Waals surface area (Å²) in [5.74, 6) is -1.09. The van der Waals surface area contributed by atoms with Gasteiger partial charge in [0.2, 0.25) is 5.91 Å². The van der Waals surface area contributed by atoms with Gasteiger partial charge in [0.1, 0.15) is 0 Å². The van der Waals surface area contributed by atoms with Gasteiger partial charge in [0.25, 0.3) is 0 Å². The Balaban J connectivity index is 1.75. The number of carbonyl (C=O) groups is 2. The standard InChI is InChI=1S/C21H20F3N3O4/c1-30-17-9-5-14(11-18(17)31-2)16-8-10-19(28)27(26-16)12-13-3-6-15(7-4-13)25-20(29)21(22,23)24/h3-7,9,11H,8,10,12H2,1-2H3,(H,25,29). The molecular weight excluding hydrogens is 415 g/mol. The summed E-state index contributed by atoms with van der Waals surface area (Å²) in [6, 6.07) is 11.1. The van der Waals surface area contributed by atoms with Crippen molar-refractivity contribution in [2.24, 2.45) is 5.10 Å². The van der Waals surface area contributed by atoms with E-state index in [2.05, 4.69) is 5.10 Å². The third-order valence-electron chi connectivity index (χ3n) is 4.62. The minimum atomic E-state index is -4.96. The predicted molar refractivity (Wildman–Crippen MR) is 107 cm³/mol. The average molecular weight is 435 g/mol. The lowest BCUT2D eigenvalue weighted by atomic mass is 10.0. The van der Waals surface area contributed by atoms with Gasteiger partial charge in [-0.2, -0.15) is 18.3 Å². The highest BCUT2D eigenvalue weighted by molar-refractivity contribution is 6.04. The van der Waals surface area contributed by atoms with E-state index in [-0.39, 0.29) is 24.6 Å². The van der Waals surface area contributed by atoms with Crippen LogP contribution < -0.4 is 14.8 Å². The molecule has 7 nitrogen and oxygen atoms in total. The van der Waals surface area contributed by atoms with Gasteiger partial charge in [0.05, 0.1) is 26.5 Å². The summed E-state index contributed by atoms with van der Waals surface area (Å²) < 4.78 is 47.6. The lowest BCUT2D eigenvalue weighted by molar-refractivity contribution is -0.167. The van der Waals surface area contributed by atoms with Crippen LogP contribution in [-0.4, -0.2) is 42.9 Å². The summed E-state index contributed by atoms with van der Waals surface area (Å²) in [6.45, 7) is 0.142. The van der Waals surface area contributed by atoms with Gasteiger partial charge in [-0.3, -0.25) is 9.59 Å². The number of hydrogen-bond acceptors (Lipinski definition) is 5. The molecule has 1 aliphatic rings. The molecule has 0 bridgehead atoms. The van der Waals surface area contributed by atoms with Crippen LogP contribution in [0.25, 0.3) is 0 Å². The minimum Gasteiger partial charge on any atom is -0.493 e. The van der Waals surface area contributed by atoms with Crippen molar-refractivity contribution in [3.8, 4) is 11.5 Å². The maximum absolute atomic E-state index is 12.3. The minimum absolute atomic E-state index is 0.00515. The highest BCUT2D eigenvalue weighted by Gasteiger charge is 2.38. The van der Waals surface area contributed by atoms with E-state index in [0.29, 0.717) is 29.2 Å². The molecule has 0 aromatic heterocycles. The fraction of sp³-hybridized carbons (Fsp3) is 0.286. The normalized spacial score (nSPS) is 14.2. The van der Waals surface area contributed by atoms with Crippen LogP contribution in [0.4, 0.5) is 18.9 Å². The van der Waals surface area contributed by atoms with E-state index in [1.54, 1.807) is 17.4 Å². The van der Waals surface area contributed by atoms with Gasteiger partial charge in [-0.05, 0) is 35.9 Å². The van der Waals surface area contributed by atoms with Crippen molar-refractivity contribution in [1.29, 1.82) is 0 Å². The maximum atomic E-state index is 12.3. The van der Waals surface area contributed by atoms with Crippen molar-refractivity contribution in [2.75, 3.05) is 19.5 Å². The monoisotopic (exact) mass is 435 g/mol. The van der Waals surface area contributed by atoms with E-state index in [1.807, 2.05) is 6.07 Å². The third kappa shape index (κ3) is 5.33. The van der Waals surface area contributed by atoms with Gasteiger partial charge in [-0.1, -0.05) is 12.1 Å². The number of halogens is 3. The van der Waals surface area contributed by atoms with Crippen molar-refractivity contribution in [2.45, 2.75) is 25.6 Å². The number of hydrazone groups is 1. The molecule has 10 heteroatoms. The molecule has 0 atom stereocenters. The Morgan fingerprint density at radius 1 is 1.06 bits per heavy atom. The number of rotatable bonds is 6. The molecule has 164 valence electrons. The predicted octanol–water partition coefficient (Wildman–Crippen LogP) is 3.73. The Morgan fingerprint density at radius 2 is 1.74 bits per heavy atom. The molecule has 0 fully saturated rings. The van der Waals surface area contributed by atoms with Gasteiger partial charge < -0.3 is 14.8 Å². The Labute approximate surface area is 176 Å². The third-order valence-corrected chi connectivity index (χ3v) is 4.62. The molecule has 0 aliphatic carbocycles. The van der Waals surface area contributed by atoms with Crippen molar-refractivity contribution in [3.63, 3.8) is 0 Å². The van der Waals surface area contributed by atoms with Crippen LogP contribution in [0.15, 0.2) is 47.6 Å². The van der Waals surface area contributed by atoms with Gasteiger partial charge in [0, 0.05) is 24.1 Å². The number of carbonyl (C=O) groups excluding carboxylic acids is 2. The number of amides is 2. The first-order valence-electron chi connectivity index (χ1n) is 9.28. The van der Waals surface area contributed by atoms with Gasteiger partial charge >= 0.3 is 12.1 Å². The number of alkyl halides is 3. The summed E-state index contributed by atoms with van der Waals surface area (Å²) >= 11 is 0. The summed E-state index contributed by atoms with van der Waals surface area (Å²) in [6.07, 6.45) is -4.23. The molecule has 0 spiro atoms. The number of anilines is 1. The first kappa shape index (κ1) is 22.1. The zero-order valence-electron chi connectivity index (χ0n) is 16.8. The van der Waals surface area contributed by atoms with E-state index in [4.69, 9.17) is 9.47 Å². The Kier molecular flexibility index (Phi) is 6.47. The second kappa shape index (κ2) is 9.07. The van der Waals surface area contributed by atoms with E-state index in [9.17, 15) is 22.8 Å². The van der Waals surface area contributed by atoms with Gasteiger partial charge in [-0.15, -0.1) is 0 Å². The van der Waals surface area contributed by atoms with E-state index in [1.165, 1.54) is 43.5 Å². The van der Waals surface area contributed by atoms with E-state index >= 15 is 0 Å². The van der Waals surface area contributed by atoms with Crippen molar-refractivity contribution in [3.05, 3.63) is 53.6 Å². The van der Waals surface area contributed by atoms with E-state index in [0.717, 1.165) is 5.56 Å². The topological polar surface area (TPSA) is 80.2 Å². The molecular formula is C21H20F3N3O4. The number of benzene rings is 2. The van der Waals surface area contributed by atoms with Crippen LogP contribution in [-0.2, 0) is 16.1 Å². The number of hydrogen-bond donors (Lipinski definition) is 1. The lowest BCUT2D eigenvalue weighted by Gasteiger charge is -2.24. The SMILES string of the molecule is COc1ccc(C2=NN(Cc3ccc(NC(=O)C(F)(F)F)cc3)C(=O)CC2)cc1OC. The van der Waals surface area contributed by atoms with E-state index < -0.39 is 12.1 Å². The second-order valence-corrected chi connectivity index (χ2v) is 6.72. The lowest BCUT2D eigenvalue weighted by Crippen LogP contribution is -2.31. The summed E-state index contributed by atoms with van der Waals surface area (Å²) in [7, 11) is 3.07. The maximum Gasteiger partial charge on any atom is 0.471 e. The first-order chi connectivity index (χ1) is 14.7. The highest BCUT2D eigenvalue weighted by Crippen LogP contribution is 2.29. The largest absolute Gasteiger partial charge is 0.493 e. The Hall–Kier alpha value is -3.56. The number of ether oxygens (including phenoxy) is 2. The molecule has 1 aliphatic heterocycles. The Bertz CT molecular complexity index is 1000. The van der Waals surface area contributed by atoms with Crippen LogP contribution in [0, 0.1) is 0 Å². The molecule has 0 unspecified atom stereocenters. The molecule has 0 saturated carbocycles. The molecule has 2 aromatic rings. The molecule has 1 N–H and O–H groups in total. The van der Waals surface area contributed by atoms with Crippen LogP contribution in [0.3, 0.4) is 0 Å². The summed E-state index contributed by atoms with van der Waals surface area (Å²) in [5, 5.41) is 7.54. The van der Waals surface area contributed by atoms with Crippen molar-refractivity contribution in [1.82, 2.24) is 5.01 Å². The smallest absolute Gasteiger partial charge is 0.471 e. The molecule has 1 heterocycles. The zero-order valence-corrected chi connectivity index (χ0v) is 16.8. The molecule has 2 amide bonds. The fourth-order valence-corrected chi connectivity index (χ4v) is 3.02. The fourth-order valence-electron chi connectivity index (χ4n) is 3.02. The van der Waals surface area contributed by atoms with Crippen molar-refractivity contribution >= 4 is 23.2 Å². The number of methoxy groups -OCH3 is 2. The van der Waals surface area contributed by atoms with Crippen molar-refractivity contribution < 1.29 is 32.2 Å². The molecule has 0 saturated heterocycles. The Morgan fingerprint density at radius 3 is 2.35 bits per heavy atom. The zero-order chi connectivity index (χ0) is 22.6. The summed E-state index contributed by atoms with van der Waals surface area (Å²) in [4.78, 5) is 23.3. The van der Waals surface area contributed by atoms with Crippen LogP contribution in [0.5, 0.6) is 11.5 Å². The summed E-state index contributed by atoms with van der Waals surface area (Å²) in [5.41, 5.74) is 2.15. The van der Waals surface area contributed by atoms with Crippen LogP contribution in [0.1, 0.15) is 24.0 Å². The quantitative estimate of drug-likeness (QED) is 0.750. The van der Waals surface area contributed by atoms with Gasteiger partial charge in [-0.25, -0.2) is 5.01 Å². The van der Waals surface area contributed by atoms with Gasteiger partial charge in [0.15, 0.2) is 11.5 Å². The number of nitrogens with zero attached hydrogens (tertiary/aromatic N) is 2. The number of nitrogens with one attached hydrogen (secondary N) is 1. The molecule has 31 heavy (non-hydrogen) atoms. The average Bonchev–Trinajstić information content (AvgIpc) is 2.75. The second-order valence-electron chi connectivity index (χ2n) is 6.72. The first-order valence-corrected chi connectivity index (χ1v) is 9.28.